The molecule has 0 aliphatic rings. The Morgan fingerprint density at radius 3 is 2.81 bits per heavy atom. The van der Waals surface area contributed by atoms with Gasteiger partial charge in [0.15, 0.2) is 5.52 Å². The number of carbonyl (C=O) groups is 1. The van der Waals surface area contributed by atoms with Gasteiger partial charge in [0, 0.05) is 0 Å². The van der Waals surface area contributed by atoms with Crippen molar-refractivity contribution in [1.29, 1.82) is 0 Å². The maximum absolute atomic E-state index is 11.9. The van der Waals surface area contributed by atoms with Crippen LogP contribution in [0.2, 0.25) is 0 Å². The number of nitrogens with zero attached hydrogens (tertiary/aromatic N) is 4. The van der Waals surface area contributed by atoms with E-state index in [2.05, 4.69) is 10.1 Å². The monoisotopic (exact) mass is 222 g/mol. The highest BCUT2D eigenvalue weighted by Crippen LogP contribution is 2.04. The maximum Gasteiger partial charge on any atom is 0.323 e. The van der Waals surface area contributed by atoms with Crippen LogP contribution in [0.25, 0.3) is 5.52 Å². The van der Waals surface area contributed by atoms with Gasteiger partial charge in [0.05, 0.1) is 5.69 Å². The summed E-state index contributed by atoms with van der Waals surface area (Å²) >= 11 is 0. The molecule has 2 heterocycles. The SMILES string of the molecule is Cc1nc(C)n2ncn(CC(=O)O)c(=O)c12. The molecule has 2 rings (SSSR count). The number of aromatic nitrogens is 4. The fourth-order valence-electron chi connectivity index (χ4n) is 1.61. The summed E-state index contributed by atoms with van der Waals surface area (Å²) in [5, 5.41) is 12.6. The standard InChI is InChI=1S/C9H10N4O3/c1-5-8-9(16)12(3-7(14)15)4-10-13(8)6(2)11-5/h4H,3H2,1-2H3,(H,14,15). The van der Waals surface area contributed by atoms with Crippen LogP contribution in [0, 0.1) is 13.8 Å². The molecule has 16 heavy (non-hydrogen) atoms. The Labute approximate surface area is 90.0 Å². The van der Waals surface area contributed by atoms with Crippen LogP contribution in [-0.2, 0) is 11.3 Å². The molecule has 7 nitrogen and oxygen atoms in total. The Kier molecular flexibility index (Phi) is 2.22. The van der Waals surface area contributed by atoms with Crippen LogP contribution in [0.1, 0.15) is 11.5 Å². The number of fused-ring (bicyclic) bond motifs is 1. The Morgan fingerprint density at radius 2 is 2.19 bits per heavy atom. The number of carboxylic acids is 1. The molecule has 0 aliphatic carbocycles. The van der Waals surface area contributed by atoms with E-state index in [9.17, 15) is 9.59 Å². The van der Waals surface area contributed by atoms with Gasteiger partial charge >= 0.3 is 5.97 Å². The third kappa shape index (κ3) is 1.46. The Morgan fingerprint density at radius 1 is 1.50 bits per heavy atom. The van der Waals surface area contributed by atoms with Crippen molar-refractivity contribution in [2.45, 2.75) is 20.4 Å². The zero-order valence-corrected chi connectivity index (χ0v) is 8.84. The molecular formula is C9H10N4O3. The van der Waals surface area contributed by atoms with Gasteiger partial charge in [0.1, 0.15) is 18.7 Å². The molecule has 84 valence electrons. The van der Waals surface area contributed by atoms with Gasteiger partial charge in [-0.05, 0) is 13.8 Å². The summed E-state index contributed by atoms with van der Waals surface area (Å²) < 4.78 is 2.46. The number of aliphatic carboxylic acids is 1. The summed E-state index contributed by atoms with van der Waals surface area (Å²) in [6, 6.07) is 0. The van der Waals surface area contributed by atoms with E-state index < -0.39 is 18.1 Å². The number of aryl methyl sites for hydroxylation is 2. The van der Waals surface area contributed by atoms with Crippen LogP contribution in [0.3, 0.4) is 0 Å². The number of rotatable bonds is 2. The normalized spacial score (nSPS) is 10.9. The molecule has 0 aliphatic heterocycles. The lowest BCUT2D eigenvalue weighted by atomic mass is 10.4. The van der Waals surface area contributed by atoms with Crippen LogP contribution >= 0.6 is 0 Å². The number of hydrogen-bond donors (Lipinski definition) is 1. The first-order valence-corrected chi connectivity index (χ1v) is 4.64. The molecule has 0 saturated heterocycles. The maximum atomic E-state index is 11.9. The van der Waals surface area contributed by atoms with E-state index in [1.165, 1.54) is 10.8 Å². The van der Waals surface area contributed by atoms with Gasteiger partial charge in [0.2, 0.25) is 0 Å². The number of imidazole rings is 1. The first-order chi connectivity index (χ1) is 7.50. The van der Waals surface area contributed by atoms with Crippen molar-refractivity contribution >= 4 is 11.5 Å². The van der Waals surface area contributed by atoms with E-state index in [0.29, 0.717) is 17.0 Å². The summed E-state index contributed by atoms with van der Waals surface area (Å²) in [6.07, 6.45) is 1.21. The molecule has 2 aromatic heterocycles. The molecule has 0 saturated carbocycles. The summed E-state index contributed by atoms with van der Waals surface area (Å²) in [7, 11) is 0. The van der Waals surface area contributed by atoms with E-state index in [1.54, 1.807) is 13.8 Å². The second-order valence-corrected chi connectivity index (χ2v) is 3.46. The molecule has 0 fully saturated rings. The van der Waals surface area contributed by atoms with Crippen molar-refractivity contribution in [3.63, 3.8) is 0 Å². The van der Waals surface area contributed by atoms with Gasteiger partial charge in [-0.1, -0.05) is 0 Å². The number of hydrogen-bond acceptors (Lipinski definition) is 4. The van der Waals surface area contributed by atoms with Gasteiger partial charge in [-0.25, -0.2) is 9.50 Å². The molecule has 0 atom stereocenters. The van der Waals surface area contributed by atoms with E-state index in [-0.39, 0.29) is 0 Å². The summed E-state index contributed by atoms with van der Waals surface area (Å²) in [4.78, 5) is 26.5. The van der Waals surface area contributed by atoms with Crippen molar-refractivity contribution in [3.8, 4) is 0 Å². The number of carboxylic acid groups (broad SMARTS) is 1. The molecule has 0 amide bonds. The van der Waals surface area contributed by atoms with Crippen molar-refractivity contribution in [1.82, 2.24) is 19.2 Å². The molecule has 1 N–H and O–H groups in total. The predicted octanol–water partition coefficient (Wildman–Crippen LogP) is -0.408. The third-order valence-electron chi connectivity index (χ3n) is 2.27. The largest absolute Gasteiger partial charge is 0.480 e. The van der Waals surface area contributed by atoms with Gasteiger partial charge < -0.3 is 5.11 Å². The molecule has 0 aromatic carbocycles. The minimum absolute atomic E-state index is 0.321. The second kappa shape index (κ2) is 3.44. The lowest BCUT2D eigenvalue weighted by molar-refractivity contribution is -0.137. The van der Waals surface area contributed by atoms with Gasteiger partial charge in [-0.15, -0.1) is 0 Å². The third-order valence-corrected chi connectivity index (χ3v) is 2.27. The lowest BCUT2D eigenvalue weighted by Gasteiger charge is -2.02. The molecule has 0 radical (unpaired) electrons. The molecule has 0 bridgehead atoms. The van der Waals surface area contributed by atoms with Crippen LogP contribution in [0.5, 0.6) is 0 Å². The highest BCUT2D eigenvalue weighted by Gasteiger charge is 2.12. The van der Waals surface area contributed by atoms with E-state index >= 15 is 0 Å². The van der Waals surface area contributed by atoms with Crippen LogP contribution in [0.15, 0.2) is 11.1 Å². The molecular weight excluding hydrogens is 212 g/mol. The molecule has 2 aromatic rings. The van der Waals surface area contributed by atoms with Crippen molar-refractivity contribution in [2.24, 2.45) is 0 Å². The van der Waals surface area contributed by atoms with Gasteiger partial charge in [-0.2, -0.15) is 5.10 Å². The Hall–Kier alpha value is -2.18. The van der Waals surface area contributed by atoms with Crippen molar-refractivity contribution in [3.05, 3.63) is 28.2 Å². The topological polar surface area (TPSA) is 89.5 Å². The Balaban J connectivity index is 2.74. The smallest absolute Gasteiger partial charge is 0.323 e. The fraction of sp³-hybridized carbons (Fsp3) is 0.333. The highest BCUT2D eigenvalue weighted by molar-refractivity contribution is 5.66. The van der Waals surface area contributed by atoms with Crippen molar-refractivity contribution < 1.29 is 9.90 Å². The summed E-state index contributed by atoms with van der Waals surface area (Å²) in [5.41, 5.74) is 0.478. The fourth-order valence-corrected chi connectivity index (χ4v) is 1.61. The molecule has 0 unspecified atom stereocenters. The van der Waals surface area contributed by atoms with Crippen LogP contribution in [-0.4, -0.2) is 30.2 Å². The molecule has 0 spiro atoms. The first kappa shape index (κ1) is 10.3. The van der Waals surface area contributed by atoms with E-state index in [1.807, 2.05) is 0 Å². The van der Waals surface area contributed by atoms with Crippen LogP contribution in [0.4, 0.5) is 0 Å². The average molecular weight is 222 g/mol. The van der Waals surface area contributed by atoms with Crippen LogP contribution < -0.4 is 5.56 Å². The highest BCUT2D eigenvalue weighted by atomic mass is 16.4. The zero-order valence-electron chi connectivity index (χ0n) is 8.84. The minimum atomic E-state index is -1.08. The zero-order chi connectivity index (χ0) is 11.9. The first-order valence-electron chi connectivity index (χ1n) is 4.64. The second-order valence-electron chi connectivity index (χ2n) is 3.46. The Bertz CT molecular complexity index is 625. The van der Waals surface area contributed by atoms with Crippen molar-refractivity contribution in [2.75, 3.05) is 0 Å². The van der Waals surface area contributed by atoms with E-state index in [4.69, 9.17) is 5.11 Å². The minimum Gasteiger partial charge on any atom is -0.480 e. The molecule has 7 heteroatoms. The van der Waals surface area contributed by atoms with E-state index in [0.717, 1.165) is 4.57 Å². The lowest BCUT2D eigenvalue weighted by Crippen LogP contribution is -2.26. The van der Waals surface area contributed by atoms with Gasteiger partial charge in [-0.3, -0.25) is 14.2 Å². The average Bonchev–Trinajstić information content (AvgIpc) is 2.46. The predicted molar refractivity (Wildman–Crippen MR) is 54.4 cm³/mol. The summed E-state index contributed by atoms with van der Waals surface area (Å²) in [6.45, 7) is 3.02. The summed E-state index contributed by atoms with van der Waals surface area (Å²) in [5.74, 6) is -0.478. The quantitative estimate of drug-likeness (QED) is 0.746. The van der Waals surface area contributed by atoms with Gasteiger partial charge in [0.25, 0.3) is 5.56 Å².